The molecule has 3 aliphatic carbocycles. The van der Waals surface area contributed by atoms with Crippen LogP contribution in [0.25, 0.3) is 0 Å². The van der Waals surface area contributed by atoms with Crippen LogP contribution in [0.5, 0.6) is 0 Å². The maximum Gasteiger partial charge on any atom is 0.0710 e. The van der Waals surface area contributed by atoms with Gasteiger partial charge in [-0.15, -0.1) is 0 Å². The quantitative estimate of drug-likeness (QED) is 0.659. The molecular weight excluding hydrogens is 256 g/mol. The van der Waals surface area contributed by atoms with Gasteiger partial charge < -0.3 is 5.11 Å². The SMILES string of the molecule is CC1=CCC[C@]2(C)CC[C@@]3(O)[C@@H]([C@@H](C(C)C)CC[C@@H]3C)[C@H]12. The maximum atomic E-state index is 11.6. The van der Waals surface area contributed by atoms with E-state index in [-0.39, 0.29) is 0 Å². The summed E-state index contributed by atoms with van der Waals surface area (Å²) in [5.74, 6) is 2.94. The summed E-state index contributed by atoms with van der Waals surface area (Å²) in [5.41, 5.74) is 1.59. The summed E-state index contributed by atoms with van der Waals surface area (Å²) in [4.78, 5) is 0. The van der Waals surface area contributed by atoms with Gasteiger partial charge in [0.2, 0.25) is 0 Å². The Bertz CT molecular complexity index is 437. The molecule has 2 saturated carbocycles. The van der Waals surface area contributed by atoms with E-state index in [1.54, 1.807) is 5.57 Å². The van der Waals surface area contributed by atoms with Crippen LogP contribution in [0, 0.1) is 35.0 Å². The Labute approximate surface area is 131 Å². The fourth-order valence-corrected chi connectivity index (χ4v) is 6.21. The Morgan fingerprint density at radius 2 is 1.90 bits per heavy atom. The van der Waals surface area contributed by atoms with E-state index in [1.165, 1.54) is 32.1 Å². The van der Waals surface area contributed by atoms with E-state index in [2.05, 4.69) is 40.7 Å². The molecule has 0 aromatic rings. The highest BCUT2D eigenvalue weighted by Gasteiger charge is 2.59. The molecule has 1 N–H and O–H groups in total. The van der Waals surface area contributed by atoms with Crippen molar-refractivity contribution in [2.24, 2.45) is 35.0 Å². The second kappa shape index (κ2) is 5.11. The van der Waals surface area contributed by atoms with Crippen molar-refractivity contribution in [1.29, 1.82) is 0 Å². The zero-order valence-electron chi connectivity index (χ0n) is 14.7. The number of hydrogen-bond acceptors (Lipinski definition) is 1. The number of fused-ring (bicyclic) bond motifs is 3. The van der Waals surface area contributed by atoms with Gasteiger partial charge in [0.1, 0.15) is 0 Å². The van der Waals surface area contributed by atoms with E-state index < -0.39 is 5.60 Å². The average molecular weight is 290 g/mol. The van der Waals surface area contributed by atoms with E-state index >= 15 is 0 Å². The minimum atomic E-state index is -0.413. The molecule has 21 heavy (non-hydrogen) atoms. The van der Waals surface area contributed by atoms with Crippen molar-refractivity contribution in [3.05, 3.63) is 11.6 Å². The van der Waals surface area contributed by atoms with Crippen LogP contribution in [0.2, 0.25) is 0 Å². The van der Waals surface area contributed by atoms with Gasteiger partial charge in [0.05, 0.1) is 5.60 Å². The minimum Gasteiger partial charge on any atom is -0.389 e. The fraction of sp³-hybridized carbons (Fsp3) is 0.900. The first-order valence-electron chi connectivity index (χ1n) is 9.18. The van der Waals surface area contributed by atoms with E-state index in [1.807, 2.05) is 0 Å². The van der Waals surface area contributed by atoms with E-state index in [0.29, 0.717) is 35.0 Å². The topological polar surface area (TPSA) is 20.2 Å². The lowest BCUT2D eigenvalue weighted by atomic mass is 9.45. The highest BCUT2D eigenvalue weighted by molar-refractivity contribution is 5.21. The molecule has 3 aliphatic rings. The Morgan fingerprint density at radius 1 is 1.19 bits per heavy atom. The molecule has 0 amide bonds. The molecule has 0 radical (unpaired) electrons. The molecule has 0 heterocycles. The molecule has 0 saturated heterocycles. The second-order valence-electron chi connectivity index (χ2n) is 9.02. The summed E-state index contributed by atoms with van der Waals surface area (Å²) < 4.78 is 0. The summed E-state index contributed by atoms with van der Waals surface area (Å²) >= 11 is 0. The molecule has 2 fully saturated rings. The molecule has 0 aliphatic heterocycles. The largest absolute Gasteiger partial charge is 0.389 e. The second-order valence-corrected chi connectivity index (χ2v) is 9.02. The minimum absolute atomic E-state index is 0.413. The molecule has 0 unspecified atom stereocenters. The zero-order valence-corrected chi connectivity index (χ0v) is 14.7. The molecule has 0 aromatic heterocycles. The predicted molar refractivity (Wildman–Crippen MR) is 89.0 cm³/mol. The van der Waals surface area contributed by atoms with Gasteiger partial charge in [-0.2, -0.15) is 0 Å². The van der Waals surface area contributed by atoms with E-state index in [0.717, 1.165) is 6.42 Å². The Kier molecular flexibility index (Phi) is 3.80. The van der Waals surface area contributed by atoms with Crippen LogP contribution in [0.1, 0.15) is 73.1 Å². The van der Waals surface area contributed by atoms with Gasteiger partial charge in [-0.1, -0.05) is 39.3 Å². The van der Waals surface area contributed by atoms with E-state index in [4.69, 9.17) is 0 Å². The van der Waals surface area contributed by atoms with Gasteiger partial charge >= 0.3 is 0 Å². The average Bonchev–Trinajstić information content (AvgIpc) is 2.40. The van der Waals surface area contributed by atoms with Crippen LogP contribution in [0.15, 0.2) is 11.6 Å². The summed E-state index contributed by atoms with van der Waals surface area (Å²) in [5, 5.41) is 11.6. The molecule has 0 aromatic carbocycles. The monoisotopic (exact) mass is 290 g/mol. The van der Waals surface area contributed by atoms with Crippen molar-refractivity contribution in [2.45, 2.75) is 78.7 Å². The lowest BCUT2D eigenvalue weighted by molar-refractivity contribution is -0.189. The molecule has 1 heteroatoms. The Balaban J connectivity index is 2.07. The number of aliphatic hydroxyl groups is 1. The summed E-state index contributed by atoms with van der Waals surface area (Å²) in [7, 11) is 0. The standard InChI is InChI=1S/C20H34O/c1-13(2)16-9-8-15(4)20(21)12-11-19(5)10-6-7-14(3)17(19)18(16)20/h7,13,15-18,21H,6,8-12H2,1-5H3/t15-,16+,17-,18-,19+,20-/m0/s1. The molecule has 1 nitrogen and oxygen atoms in total. The summed E-state index contributed by atoms with van der Waals surface area (Å²) in [6.07, 6.45) is 9.79. The molecule has 0 spiro atoms. The highest BCUT2D eigenvalue weighted by atomic mass is 16.3. The molecule has 120 valence electrons. The van der Waals surface area contributed by atoms with Gasteiger partial charge in [0, 0.05) is 0 Å². The first-order valence-corrected chi connectivity index (χ1v) is 9.18. The lowest BCUT2D eigenvalue weighted by Gasteiger charge is -2.62. The number of hydrogen-bond donors (Lipinski definition) is 1. The van der Waals surface area contributed by atoms with Crippen LogP contribution < -0.4 is 0 Å². The third-order valence-corrected chi connectivity index (χ3v) is 7.56. The van der Waals surface area contributed by atoms with E-state index in [9.17, 15) is 5.11 Å². The third-order valence-electron chi connectivity index (χ3n) is 7.56. The fourth-order valence-electron chi connectivity index (χ4n) is 6.21. The maximum absolute atomic E-state index is 11.6. The lowest BCUT2D eigenvalue weighted by Crippen LogP contribution is -2.61. The zero-order chi connectivity index (χ0) is 15.4. The summed E-state index contributed by atoms with van der Waals surface area (Å²) in [6.45, 7) is 11.9. The van der Waals surface area contributed by atoms with Gasteiger partial charge in [-0.25, -0.2) is 0 Å². The molecule has 6 atom stereocenters. The van der Waals surface area contributed by atoms with Crippen LogP contribution in [0.3, 0.4) is 0 Å². The van der Waals surface area contributed by atoms with Crippen molar-refractivity contribution in [2.75, 3.05) is 0 Å². The van der Waals surface area contributed by atoms with Crippen molar-refractivity contribution in [1.82, 2.24) is 0 Å². The van der Waals surface area contributed by atoms with Gasteiger partial charge in [0.25, 0.3) is 0 Å². The molecular formula is C20H34O. The van der Waals surface area contributed by atoms with Crippen molar-refractivity contribution in [3.8, 4) is 0 Å². The van der Waals surface area contributed by atoms with Crippen LogP contribution in [0.4, 0.5) is 0 Å². The highest BCUT2D eigenvalue weighted by Crippen LogP contribution is 2.62. The normalized spacial score (nSPS) is 50.3. The number of rotatable bonds is 1. The Morgan fingerprint density at radius 3 is 2.57 bits per heavy atom. The van der Waals surface area contributed by atoms with Crippen molar-refractivity contribution < 1.29 is 5.11 Å². The predicted octanol–water partition coefficient (Wildman–Crippen LogP) is 5.19. The molecule has 3 rings (SSSR count). The van der Waals surface area contributed by atoms with Crippen molar-refractivity contribution >= 4 is 0 Å². The van der Waals surface area contributed by atoms with Gasteiger partial charge in [-0.05, 0) is 80.5 Å². The third kappa shape index (κ3) is 2.22. The first-order chi connectivity index (χ1) is 9.79. The van der Waals surface area contributed by atoms with Gasteiger partial charge in [0.15, 0.2) is 0 Å². The first kappa shape index (κ1) is 15.6. The van der Waals surface area contributed by atoms with Crippen molar-refractivity contribution in [3.63, 3.8) is 0 Å². The Hall–Kier alpha value is -0.300. The number of allylic oxidation sites excluding steroid dienone is 2. The smallest absolute Gasteiger partial charge is 0.0710 e. The van der Waals surface area contributed by atoms with Crippen LogP contribution in [-0.2, 0) is 0 Å². The summed E-state index contributed by atoms with van der Waals surface area (Å²) in [6, 6.07) is 0. The van der Waals surface area contributed by atoms with Crippen LogP contribution in [-0.4, -0.2) is 10.7 Å². The van der Waals surface area contributed by atoms with Gasteiger partial charge in [-0.3, -0.25) is 0 Å². The van der Waals surface area contributed by atoms with Crippen LogP contribution >= 0.6 is 0 Å². The molecule has 0 bridgehead atoms.